The number of allylic oxidation sites excluding steroid dienone is 1. The summed E-state index contributed by atoms with van der Waals surface area (Å²) in [7, 11) is 0. The van der Waals surface area contributed by atoms with Crippen molar-refractivity contribution >= 4 is 5.91 Å². The average Bonchev–Trinajstić information content (AvgIpc) is 2.99. The molecule has 1 unspecified atom stereocenters. The number of nitrogens with zero attached hydrogens (tertiary/aromatic N) is 2. The number of aromatic nitrogens is 2. The Morgan fingerprint density at radius 1 is 0.854 bits per heavy atom. The van der Waals surface area contributed by atoms with Gasteiger partial charge in [-0.05, 0) is 43.5 Å². The summed E-state index contributed by atoms with van der Waals surface area (Å²) in [4.78, 5) is 21.6. The number of amides is 1. The van der Waals surface area contributed by atoms with Gasteiger partial charge in [-0.25, -0.2) is 4.98 Å². The van der Waals surface area contributed by atoms with Crippen LogP contribution in [-0.2, 0) is 16.1 Å². The number of aliphatic hydroxyl groups excluding tert-OH is 1. The average molecular weight is 566 g/mol. The number of carbonyl (C=O) groups is 1. The van der Waals surface area contributed by atoms with Crippen molar-refractivity contribution in [2.75, 3.05) is 6.61 Å². The molecule has 2 aromatic heterocycles. The predicted octanol–water partition coefficient (Wildman–Crippen LogP) is 8.34. The first-order chi connectivity index (χ1) is 20.1. The van der Waals surface area contributed by atoms with Gasteiger partial charge >= 0.3 is 0 Å². The second kappa shape index (κ2) is 23.0. The molecule has 0 saturated heterocycles. The van der Waals surface area contributed by atoms with Crippen LogP contribution in [0.1, 0.15) is 122 Å². The van der Waals surface area contributed by atoms with Crippen LogP contribution in [0.2, 0.25) is 0 Å². The summed E-state index contributed by atoms with van der Waals surface area (Å²) in [6, 6.07) is 11.0. The first-order valence-corrected chi connectivity index (χ1v) is 16.2. The maximum absolute atomic E-state index is 12.5. The Morgan fingerprint density at radius 2 is 1.51 bits per heavy atom. The van der Waals surface area contributed by atoms with E-state index in [1.807, 2.05) is 48.6 Å². The van der Waals surface area contributed by atoms with Gasteiger partial charge in [0.15, 0.2) is 0 Å². The monoisotopic (exact) mass is 565 g/mol. The van der Waals surface area contributed by atoms with Crippen molar-refractivity contribution in [2.24, 2.45) is 0 Å². The van der Waals surface area contributed by atoms with Crippen LogP contribution in [0, 0.1) is 0 Å². The molecule has 0 spiro atoms. The SMILES string of the molecule is CCCCCCCCCCCCCC=C[C@@H](O)C(COCc1cccc(-c2ccccn2)n1)NC(=O)CCCCC. The molecule has 0 aromatic carbocycles. The lowest BCUT2D eigenvalue weighted by atomic mass is 10.0. The predicted molar refractivity (Wildman–Crippen MR) is 169 cm³/mol. The Balaban J connectivity index is 1.75. The molecule has 2 aromatic rings. The lowest BCUT2D eigenvalue weighted by Crippen LogP contribution is -2.45. The first kappa shape index (κ1) is 34.6. The lowest BCUT2D eigenvalue weighted by Gasteiger charge is -2.22. The van der Waals surface area contributed by atoms with E-state index < -0.39 is 12.1 Å². The lowest BCUT2D eigenvalue weighted by molar-refractivity contribution is -0.123. The smallest absolute Gasteiger partial charge is 0.220 e. The van der Waals surface area contributed by atoms with E-state index in [0.29, 0.717) is 6.42 Å². The molecule has 2 heterocycles. The molecule has 0 bridgehead atoms. The number of hydrogen-bond donors (Lipinski definition) is 2. The van der Waals surface area contributed by atoms with Crippen molar-refractivity contribution in [1.29, 1.82) is 0 Å². The summed E-state index contributed by atoms with van der Waals surface area (Å²) in [5.41, 5.74) is 2.38. The molecule has 228 valence electrons. The fraction of sp³-hybridized carbons (Fsp3) is 0.629. The van der Waals surface area contributed by atoms with E-state index in [-0.39, 0.29) is 19.1 Å². The van der Waals surface area contributed by atoms with Crippen LogP contribution in [0.25, 0.3) is 11.4 Å². The van der Waals surface area contributed by atoms with Gasteiger partial charge in [-0.1, -0.05) is 115 Å². The normalized spacial score (nSPS) is 13.0. The van der Waals surface area contributed by atoms with Crippen molar-refractivity contribution < 1.29 is 14.6 Å². The minimum absolute atomic E-state index is 0.0415. The van der Waals surface area contributed by atoms with Crippen molar-refractivity contribution in [1.82, 2.24) is 15.3 Å². The number of hydrogen-bond acceptors (Lipinski definition) is 5. The van der Waals surface area contributed by atoms with Gasteiger partial charge in [-0.2, -0.15) is 0 Å². The highest BCUT2D eigenvalue weighted by Crippen LogP contribution is 2.15. The number of carbonyl (C=O) groups excluding carboxylic acids is 1. The van der Waals surface area contributed by atoms with Crippen LogP contribution >= 0.6 is 0 Å². The second-order valence-electron chi connectivity index (χ2n) is 11.1. The zero-order chi connectivity index (χ0) is 29.4. The number of ether oxygens (including phenoxy) is 1. The standard InChI is InChI=1S/C35H55N3O3/c1-3-5-7-8-9-10-11-12-13-14-15-16-18-25-34(39)33(38-35(40)26-17-6-4-2)29-41-28-30-22-21-24-32(37-30)31-23-19-20-27-36-31/h18-25,27,33-34,39H,3-17,26,28-29H2,1-2H3,(H,38,40)/t33?,34-/m1/s1. The molecular formula is C35H55N3O3. The van der Waals surface area contributed by atoms with Gasteiger partial charge in [0.05, 0.1) is 42.4 Å². The third kappa shape index (κ3) is 16.5. The molecule has 0 fully saturated rings. The van der Waals surface area contributed by atoms with Gasteiger partial charge < -0.3 is 15.2 Å². The highest BCUT2D eigenvalue weighted by atomic mass is 16.5. The number of pyridine rings is 2. The van der Waals surface area contributed by atoms with Gasteiger partial charge in [0.2, 0.25) is 5.91 Å². The van der Waals surface area contributed by atoms with E-state index in [0.717, 1.165) is 49.2 Å². The highest BCUT2D eigenvalue weighted by molar-refractivity contribution is 5.76. The van der Waals surface area contributed by atoms with Crippen LogP contribution in [0.3, 0.4) is 0 Å². The fourth-order valence-electron chi connectivity index (χ4n) is 4.84. The van der Waals surface area contributed by atoms with Crippen molar-refractivity contribution in [2.45, 2.75) is 135 Å². The summed E-state index contributed by atoms with van der Waals surface area (Å²) >= 11 is 0. The summed E-state index contributed by atoms with van der Waals surface area (Å²) in [6.07, 6.45) is 23.7. The molecule has 2 rings (SSSR count). The van der Waals surface area contributed by atoms with E-state index in [2.05, 4.69) is 29.1 Å². The molecule has 0 aliphatic heterocycles. The molecule has 0 aliphatic rings. The largest absolute Gasteiger partial charge is 0.387 e. The Bertz CT molecular complexity index is 951. The molecule has 41 heavy (non-hydrogen) atoms. The van der Waals surface area contributed by atoms with E-state index in [1.165, 1.54) is 64.2 Å². The maximum Gasteiger partial charge on any atom is 0.220 e. The Morgan fingerprint density at radius 3 is 2.20 bits per heavy atom. The molecule has 6 heteroatoms. The van der Waals surface area contributed by atoms with Crippen LogP contribution in [0.5, 0.6) is 0 Å². The molecule has 0 saturated carbocycles. The third-order valence-electron chi connectivity index (χ3n) is 7.36. The minimum Gasteiger partial charge on any atom is -0.387 e. The maximum atomic E-state index is 12.5. The molecule has 1 amide bonds. The van der Waals surface area contributed by atoms with Gasteiger partial charge in [-0.15, -0.1) is 0 Å². The highest BCUT2D eigenvalue weighted by Gasteiger charge is 2.19. The van der Waals surface area contributed by atoms with Crippen LogP contribution < -0.4 is 5.32 Å². The van der Waals surface area contributed by atoms with Gasteiger partial charge in [0, 0.05) is 12.6 Å². The summed E-state index contributed by atoms with van der Waals surface area (Å²) in [5, 5.41) is 13.9. The van der Waals surface area contributed by atoms with Crippen LogP contribution in [-0.4, -0.2) is 39.7 Å². The second-order valence-corrected chi connectivity index (χ2v) is 11.1. The Labute approximate surface area is 249 Å². The van der Waals surface area contributed by atoms with Gasteiger partial charge in [0.25, 0.3) is 0 Å². The number of nitrogens with one attached hydrogen (secondary N) is 1. The Hall–Kier alpha value is -2.57. The Kier molecular flexibility index (Phi) is 19.5. The molecule has 6 nitrogen and oxygen atoms in total. The van der Waals surface area contributed by atoms with E-state index in [1.54, 1.807) is 6.20 Å². The summed E-state index contributed by atoms with van der Waals surface area (Å²) in [5.74, 6) is -0.0415. The van der Waals surface area contributed by atoms with Gasteiger partial charge in [0.1, 0.15) is 0 Å². The number of unbranched alkanes of at least 4 members (excludes halogenated alkanes) is 13. The first-order valence-electron chi connectivity index (χ1n) is 16.2. The van der Waals surface area contributed by atoms with Crippen LogP contribution in [0.4, 0.5) is 0 Å². The molecule has 0 radical (unpaired) electrons. The molecular weight excluding hydrogens is 510 g/mol. The quantitative estimate of drug-likeness (QED) is 0.0987. The van der Waals surface area contributed by atoms with E-state index in [9.17, 15) is 9.90 Å². The summed E-state index contributed by atoms with van der Waals surface area (Å²) in [6.45, 7) is 4.88. The van der Waals surface area contributed by atoms with Gasteiger partial charge in [-0.3, -0.25) is 9.78 Å². The van der Waals surface area contributed by atoms with E-state index in [4.69, 9.17) is 4.74 Å². The molecule has 0 aliphatic carbocycles. The minimum atomic E-state index is -0.800. The third-order valence-corrected chi connectivity index (χ3v) is 7.36. The zero-order valence-corrected chi connectivity index (χ0v) is 25.7. The van der Waals surface area contributed by atoms with Crippen molar-refractivity contribution in [3.63, 3.8) is 0 Å². The molecule has 2 atom stereocenters. The zero-order valence-electron chi connectivity index (χ0n) is 25.7. The number of rotatable bonds is 24. The van der Waals surface area contributed by atoms with E-state index >= 15 is 0 Å². The van der Waals surface area contributed by atoms with Crippen molar-refractivity contribution in [3.05, 3.63) is 60.4 Å². The van der Waals surface area contributed by atoms with Crippen molar-refractivity contribution in [3.8, 4) is 11.4 Å². The summed E-state index contributed by atoms with van der Waals surface area (Å²) < 4.78 is 5.95. The topological polar surface area (TPSA) is 84.3 Å². The van der Waals surface area contributed by atoms with Crippen LogP contribution in [0.15, 0.2) is 54.7 Å². The number of aliphatic hydroxyl groups is 1. The fourth-order valence-corrected chi connectivity index (χ4v) is 4.84. The molecule has 2 N–H and O–H groups in total.